The van der Waals surface area contributed by atoms with Gasteiger partial charge in [-0.1, -0.05) is 23.9 Å². The van der Waals surface area contributed by atoms with E-state index < -0.39 is 0 Å². The quantitative estimate of drug-likeness (QED) is 0.514. The first kappa shape index (κ1) is 17.0. The maximum atomic E-state index is 12.7. The molecule has 0 spiro atoms. The highest BCUT2D eigenvalue weighted by atomic mass is 32.2. The molecule has 0 radical (unpaired) electrons. The minimum Gasteiger partial charge on any atom is -0.290 e. The summed E-state index contributed by atoms with van der Waals surface area (Å²) in [7, 11) is 0. The molecule has 0 N–H and O–H groups in total. The number of hydrogen-bond donors (Lipinski definition) is 0. The second kappa shape index (κ2) is 7.83. The van der Waals surface area contributed by atoms with Gasteiger partial charge in [0.05, 0.1) is 17.9 Å². The first-order valence-electron chi connectivity index (χ1n) is 8.86. The van der Waals surface area contributed by atoms with E-state index in [1.807, 2.05) is 41.0 Å². The molecule has 0 amide bonds. The molecule has 1 aliphatic carbocycles. The van der Waals surface area contributed by atoms with Gasteiger partial charge in [-0.3, -0.25) is 14.5 Å². The molecule has 4 rings (SSSR count). The molecule has 132 valence electrons. The van der Waals surface area contributed by atoms with Crippen molar-refractivity contribution in [2.45, 2.75) is 43.0 Å². The maximum absolute atomic E-state index is 12.7. The molecule has 3 aromatic rings. The van der Waals surface area contributed by atoms with Crippen LogP contribution < -0.4 is 5.69 Å². The van der Waals surface area contributed by atoms with Crippen LogP contribution in [0.15, 0.2) is 58.6 Å². The van der Waals surface area contributed by atoms with Crippen LogP contribution in [-0.2, 0) is 25.1 Å². The highest BCUT2D eigenvalue weighted by Gasteiger charge is 2.20. The zero-order valence-electron chi connectivity index (χ0n) is 14.5. The molecule has 1 aliphatic rings. The van der Waals surface area contributed by atoms with Gasteiger partial charge in [0, 0.05) is 29.4 Å². The summed E-state index contributed by atoms with van der Waals surface area (Å²) < 4.78 is 1.81. The lowest BCUT2D eigenvalue weighted by Crippen LogP contribution is -2.30. The monoisotopic (exact) mass is 364 g/mol. The highest BCUT2D eigenvalue weighted by molar-refractivity contribution is 7.98. The Kier molecular flexibility index (Phi) is 5.11. The number of pyridine rings is 2. The Bertz CT molecular complexity index is 941. The van der Waals surface area contributed by atoms with Crippen LogP contribution in [-0.4, -0.2) is 19.5 Å². The van der Waals surface area contributed by atoms with Crippen molar-refractivity contribution in [1.29, 1.82) is 0 Å². The largest absolute Gasteiger partial charge is 0.349 e. The second-order valence-electron chi connectivity index (χ2n) is 6.35. The Labute approximate surface area is 156 Å². The number of nitrogens with zero attached hydrogens (tertiary/aromatic N) is 4. The SMILES string of the molecule is O=c1nc(SCc2ccccn2)c2c(n1Cc1ccccn1)CCCC2. The minimum absolute atomic E-state index is 0.181. The van der Waals surface area contributed by atoms with Crippen LogP contribution in [0, 0.1) is 0 Å². The van der Waals surface area contributed by atoms with Crippen molar-refractivity contribution >= 4 is 11.8 Å². The van der Waals surface area contributed by atoms with Crippen molar-refractivity contribution in [3.8, 4) is 0 Å². The Hall–Kier alpha value is -2.47. The lowest BCUT2D eigenvalue weighted by Gasteiger charge is -2.22. The molecular formula is C20H20N4OS. The zero-order valence-corrected chi connectivity index (χ0v) is 15.3. The molecule has 0 aliphatic heterocycles. The Morgan fingerprint density at radius 3 is 2.42 bits per heavy atom. The summed E-state index contributed by atoms with van der Waals surface area (Å²) in [4.78, 5) is 25.9. The van der Waals surface area contributed by atoms with Gasteiger partial charge in [-0.15, -0.1) is 0 Å². The first-order chi connectivity index (χ1) is 12.8. The number of aromatic nitrogens is 4. The Morgan fingerprint density at radius 2 is 1.69 bits per heavy atom. The minimum atomic E-state index is -0.181. The summed E-state index contributed by atoms with van der Waals surface area (Å²) in [6.07, 6.45) is 7.73. The summed E-state index contributed by atoms with van der Waals surface area (Å²) in [5, 5.41) is 0.868. The predicted octanol–water partition coefficient (Wildman–Crippen LogP) is 3.25. The van der Waals surface area contributed by atoms with E-state index in [0.717, 1.165) is 53.5 Å². The van der Waals surface area contributed by atoms with Crippen LogP contribution in [0.5, 0.6) is 0 Å². The average molecular weight is 364 g/mol. The van der Waals surface area contributed by atoms with Gasteiger partial charge >= 0.3 is 5.69 Å². The van der Waals surface area contributed by atoms with Crippen molar-refractivity contribution < 1.29 is 0 Å². The number of fused-ring (bicyclic) bond motifs is 1. The lowest BCUT2D eigenvalue weighted by molar-refractivity contribution is 0.565. The van der Waals surface area contributed by atoms with E-state index in [-0.39, 0.29) is 5.69 Å². The fourth-order valence-electron chi connectivity index (χ4n) is 3.31. The average Bonchev–Trinajstić information content (AvgIpc) is 2.70. The van der Waals surface area contributed by atoms with Gasteiger partial charge in [0.2, 0.25) is 0 Å². The van der Waals surface area contributed by atoms with Crippen molar-refractivity contribution in [2.75, 3.05) is 0 Å². The van der Waals surface area contributed by atoms with E-state index >= 15 is 0 Å². The van der Waals surface area contributed by atoms with E-state index in [1.54, 1.807) is 24.2 Å². The predicted molar refractivity (Wildman–Crippen MR) is 102 cm³/mol. The van der Waals surface area contributed by atoms with Crippen LogP contribution >= 0.6 is 11.8 Å². The zero-order chi connectivity index (χ0) is 17.8. The number of rotatable bonds is 5. The summed E-state index contributed by atoms with van der Waals surface area (Å²) in [5.74, 6) is 0.726. The van der Waals surface area contributed by atoms with Gasteiger partial charge < -0.3 is 0 Å². The molecule has 0 atom stereocenters. The van der Waals surface area contributed by atoms with Crippen LogP contribution in [0.3, 0.4) is 0 Å². The first-order valence-corrected chi connectivity index (χ1v) is 9.85. The van der Waals surface area contributed by atoms with Gasteiger partial charge in [0.25, 0.3) is 0 Å². The maximum Gasteiger partial charge on any atom is 0.349 e. The summed E-state index contributed by atoms with van der Waals surface area (Å²) in [6, 6.07) is 11.7. The third-order valence-electron chi connectivity index (χ3n) is 4.58. The molecule has 0 saturated heterocycles. The molecule has 3 aromatic heterocycles. The Balaban J connectivity index is 1.66. The van der Waals surface area contributed by atoms with Crippen molar-refractivity contribution in [2.24, 2.45) is 0 Å². The van der Waals surface area contributed by atoms with Gasteiger partial charge in [-0.05, 0) is 49.9 Å². The molecule has 0 saturated carbocycles. The van der Waals surface area contributed by atoms with E-state index in [4.69, 9.17) is 0 Å². The van der Waals surface area contributed by atoms with Gasteiger partial charge in [0.15, 0.2) is 0 Å². The van der Waals surface area contributed by atoms with Gasteiger partial charge in [0.1, 0.15) is 5.03 Å². The van der Waals surface area contributed by atoms with E-state index in [9.17, 15) is 4.79 Å². The van der Waals surface area contributed by atoms with Gasteiger partial charge in [-0.25, -0.2) is 4.79 Å². The van der Waals surface area contributed by atoms with Crippen molar-refractivity contribution in [1.82, 2.24) is 19.5 Å². The van der Waals surface area contributed by atoms with Gasteiger partial charge in [-0.2, -0.15) is 4.98 Å². The fourth-order valence-corrected chi connectivity index (χ4v) is 4.30. The van der Waals surface area contributed by atoms with Crippen LogP contribution in [0.2, 0.25) is 0 Å². The fraction of sp³-hybridized carbons (Fsp3) is 0.300. The van der Waals surface area contributed by atoms with Crippen molar-refractivity contribution in [3.05, 3.63) is 81.9 Å². The van der Waals surface area contributed by atoms with Crippen molar-refractivity contribution in [3.63, 3.8) is 0 Å². The lowest BCUT2D eigenvalue weighted by atomic mass is 9.97. The molecule has 0 aromatic carbocycles. The highest BCUT2D eigenvalue weighted by Crippen LogP contribution is 2.30. The summed E-state index contributed by atoms with van der Waals surface area (Å²) >= 11 is 1.61. The molecular weight excluding hydrogens is 344 g/mol. The Morgan fingerprint density at radius 1 is 0.962 bits per heavy atom. The molecule has 5 nitrogen and oxygen atoms in total. The molecule has 6 heteroatoms. The molecule has 0 bridgehead atoms. The summed E-state index contributed by atoms with van der Waals surface area (Å²) in [6.45, 7) is 0.486. The molecule has 0 unspecified atom stereocenters. The topological polar surface area (TPSA) is 60.7 Å². The van der Waals surface area contributed by atoms with E-state index in [2.05, 4.69) is 15.0 Å². The number of hydrogen-bond acceptors (Lipinski definition) is 5. The van der Waals surface area contributed by atoms with Crippen LogP contribution in [0.1, 0.15) is 35.5 Å². The van der Waals surface area contributed by atoms with E-state index in [1.165, 1.54) is 5.56 Å². The normalized spacial score (nSPS) is 13.4. The smallest absolute Gasteiger partial charge is 0.290 e. The molecule has 0 fully saturated rings. The second-order valence-corrected chi connectivity index (χ2v) is 7.31. The van der Waals surface area contributed by atoms with E-state index in [0.29, 0.717) is 6.54 Å². The molecule has 26 heavy (non-hydrogen) atoms. The molecule has 3 heterocycles. The van der Waals surface area contributed by atoms with Crippen LogP contribution in [0.4, 0.5) is 0 Å². The third kappa shape index (κ3) is 3.70. The number of thioether (sulfide) groups is 1. The van der Waals surface area contributed by atoms with Crippen LogP contribution in [0.25, 0.3) is 0 Å². The standard InChI is InChI=1S/C20H20N4OS/c25-20-23-19(26-14-16-8-4-6-12-22-16)17-9-1-2-10-18(17)24(20)13-15-7-3-5-11-21-15/h3-8,11-12H,1-2,9-10,13-14H2. The summed E-state index contributed by atoms with van der Waals surface area (Å²) in [5.41, 5.74) is 4.07. The third-order valence-corrected chi connectivity index (χ3v) is 5.63.